The minimum absolute atomic E-state index is 0.0483. The summed E-state index contributed by atoms with van der Waals surface area (Å²) in [5, 5.41) is 44.7. The van der Waals surface area contributed by atoms with E-state index < -0.39 is 52.0 Å². The van der Waals surface area contributed by atoms with Crippen molar-refractivity contribution >= 4 is 28.9 Å². The van der Waals surface area contributed by atoms with Gasteiger partial charge in [0.2, 0.25) is 5.78 Å². The fourth-order valence-electron chi connectivity index (χ4n) is 5.81. The van der Waals surface area contributed by atoms with Crippen molar-refractivity contribution in [3.8, 4) is 16.9 Å². The topological polar surface area (TPSA) is 174 Å². The van der Waals surface area contributed by atoms with Gasteiger partial charge in [-0.05, 0) is 36.5 Å². The summed E-state index contributed by atoms with van der Waals surface area (Å²) < 4.78 is 0. The molecule has 1 heterocycles. The highest BCUT2D eigenvalue weighted by Gasteiger charge is 2.60. The minimum Gasteiger partial charge on any atom is -0.508 e. The summed E-state index contributed by atoms with van der Waals surface area (Å²) in [5.41, 5.74) is 4.00. The molecule has 1 aromatic carbocycles. The van der Waals surface area contributed by atoms with Gasteiger partial charge in [-0.15, -0.1) is 0 Å². The van der Waals surface area contributed by atoms with Gasteiger partial charge >= 0.3 is 0 Å². The number of amides is 1. The van der Waals surface area contributed by atoms with Crippen molar-refractivity contribution in [2.24, 2.45) is 17.6 Å². The number of aliphatic hydroxyl groups is 3. The molecule has 0 saturated heterocycles. The van der Waals surface area contributed by atoms with Crippen LogP contribution in [-0.4, -0.2) is 62.6 Å². The van der Waals surface area contributed by atoms with Crippen molar-refractivity contribution in [3.05, 3.63) is 58.6 Å². The molecular formula is C26H25N3O7. The zero-order valence-electron chi connectivity index (χ0n) is 19.6. The molecular weight excluding hydrogens is 466 g/mol. The Morgan fingerprint density at radius 3 is 2.53 bits per heavy atom. The lowest BCUT2D eigenvalue weighted by molar-refractivity contribution is -0.147. The van der Waals surface area contributed by atoms with E-state index in [1.54, 1.807) is 30.6 Å². The van der Waals surface area contributed by atoms with Crippen molar-refractivity contribution in [2.75, 3.05) is 19.0 Å². The summed E-state index contributed by atoms with van der Waals surface area (Å²) in [6, 6.07) is 5.23. The predicted octanol–water partition coefficient (Wildman–Crippen LogP) is 1.55. The number of Topliss-reactive ketones (excluding diaryl/α,β-unsaturated/α-hetero) is 2. The Morgan fingerprint density at radius 1 is 1.19 bits per heavy atom. The van der Waals surface area contributed by atoms with Crippen molar-refractivity contribution in [1.82, 2.24) is 4.98 Å². The Labute approximate surface area is 206 Å². The number of phenolic OH excluding ortho intramolecular Hbond substituents is 1. The van der Waals surface area contributed by atoms with Gasteiger partial charge in [-0.2, -0.15) is 0 Å². The third kappa shape index (κ3) is 3.07. The van der Waals surface area contributed by atoms with Gasteiger partial charge in [0.15, 0.2) is 11.4 Å². The normalized spacial score (nSPS) is 25.3. The molecule has 3 aliphatic rings. The van der Waals surface area contributed by atoms with Gasteiger partial charge in [-0.3, -0.25) is 19.4 Å². The first-order valence-corrected chi connectivity index (χ1v) is 11.4. The number of anilines is 1. The van der Waals surface area contributed by atoms with Crippen molar-refractivity contribution < 1.29 is 34.8 Å². The summed E-state index contributed by atoms with van der Waals surface area (Å²) in [6.07, 6.45) is 3.11. The molecule has 1 aromatic heterocycles. The van der Waals surface area contributed by atoms with Crippen LogP contribution in [0.5, 0.6) is 5.75 Å². The lowest BCUT2D eigenvalue weighted by Gasteiger charge is -2.46. The average Bonchev–Trinajstić information content (AvgIpc) is 2.81. The summed E-state index contributed by atoms with van der Waals surface area (Å²) in [7, 11) is 3.63. The molecule has 0 radical (unpaired) electrons. The number of hydrogen-bond donors (Lipinski definition) is 5. The van der Waals surface area contributed by atoms with E-state index in [-0.39, 0.29) is 36.1 Å². The van der Waals surface area contributed by atoms with Crippen molar-refractivity contribution in [1.29, 1.82) is 0 Å². The second-order valence-corrected chi connectivity index (χ2v) is 9.69. The number of aromatic hydroxyl groups is 1. The zero-order valence-corrected chi connectivity index (χ0v) is 19.6. The molecule has 10 heteroatoms. The van der Waals surface area contributed by atoms with E-state index >= 15 is 0 Å². The van der Waals surface area contributed by atoms with Gasteiger partial charge in [0.1, 0.15) is 22.8 Å². The number of aromatic nitrogens is 1. The predicted molar refractivity (Wildman–Crippen MR) is 129 cm³/mol. The molecule has 0 unspecified atom stereocenters. The number of primary amides is 1. The van der Waals surface area contributed by atoms with Crippen LogP contribution in [0.1, 0.15) is 24.0 Å². The highest BCUT2D eigenvalue weighted by Crippen LogP contribution is 2.54. The molecule has 36 heavy (non-hydrogen) atoms. The van der Waals surface area contributed by atoms with Crippen LogP contribution in [0, 0.1) is 11.8 Å². The quantitative estimate of drug-likeness (QED) is 0.399. The van der Waals surface area contributed by atoms with E-state index in [0.29, 0.717) is 22.4 Å². The first-order valence-electron chi connectivity index (χ1n) is 11.4. The van der Waals surface area contributed by atoms with E-state index in [1.807, 2.05) is 19.0 Å². The molecule has 2 aromatic rings. The number of nitrogens with zero attached hydrogens (tertiary/aromatic N) is 2. The molecule has 1 fully saturated rings. The van der Waals surface area contributed by atoms with Crippen LogP contribution in [0.2, 0.25) is 0 Å². The van der Waals surface area contributed by atoms with Crippen LogP contribution < -0.4 is 10.6 Å². The number of hydrogen-bond acceptors (Lipinski definition) is 9. The number of aliphatic hydroxyl groups excluding tert-OH is 2. The first kappa shape index (κ1) is 23.6. The molecule has 0 aliphatic heterocycles. The minimum atomic E-state index is -2.59. The molecule has 0 spiro atoms. The van der Waals surface area contributed by atoms with Gasteiger partial charge in [0.05, 0.1) is 5.56 Å². The van der Waals surface area contributed by atoms with E-state index in [0.717, 1.165) is 0 Å². The number of benzene rings is 1. The maximum Gasteiger partial charge on any atom is 0.255 e. The average molecular weight is 492 g/mol. The van der Waals surface area contributed by atoms with E-state index in [4.69, 9.17) is 5.73 Å². The standard InChI is InChI=1S/C26H25N3O7/c1-29(2)16-9-14(11-4-3-5-28-10-11)21(31)19-15(16)7-12-6-13-8-17(30)20(25(27)35)24(34)26(13,36)23(33)18(12)22(19)32/h3-5,9-10,12-13,31-32,34,36H,6-8H2,1-2H3,(H2,27,35)/t12-,13+,26+/m1/s1. The van der Waals surface area contributed by atoms with Gasteiger partial charge < -0.3 is 31.1 Å². The fourth-order valence-corrected chi connectivity index (χ4v) is 5.81. The molecule has 10 nitrogen and oxygen atoms in total. The van der Waals surface area contributed by atoms with Gasteiger partial charge in [-0.25, -0.2) is 0 Å². The summed E-state index contributed by atoms with van der Waals surface area (Å²) in [4.78, 5) is 43.9. The monoisotopic (exact) mass is 491 g/mol. The van der Waals surface area contributed by atoms with Crippen LogP contribution >= 0.6 is 0 Å². The molecule has 3 aliphatic carbocycles. The van der Waals surface area contributed by atoms with Crippen LogP contribution in [0.25, 0.3) is 16.9 Å². The van der Waals surface area contributed by atoms with Gasteiger partial charge in [0.25, 0.3) is 5.91 Å². The van der Waals surface area contributed by atoms with Crippen LogP contribution in [0.4, 0.5) is 5.69 Å². The zero-order chi connectivity index (χ0) is 26.1. The Bertz CT molecular complexity index is 1410. The van der Waals surface area contributed by atoms with Crippen LogP contribution in [0.3, 0.4) is 0 Å². The molecule has 5 rings (SSSR count). The van der Waals surface area contributed by atoms with Crippen molar-refractivity contribution in [2.45, 2.75) is 24.9 Å². The number of nitrogens with two attached hydrogens (primary N) is 1. The number of pyridine rings is 1. The smallest absolute Gasteiger partial charge is 0.255 e. The molecule has 1 amide bonds. The van der Waals surface area contributed by atoms with Gasteiger partial charge in [-0.1, -0.05) is 6.07 Å². The third-order valence-electron chi connectivity index (χ3n) is 7.49. The van der Waals surface area contributed by atoms with Crippen LogP contribution in [0.15, 0.2) is 47.5 Å². The number of ketones is 2. The lowest BCUT2D eigenvalue weighted by atomic mass is 9.59. The highest BCUT2D eigenvalue weighted by molar-refractivity contribution is 6.22. The van der Waals surface area contributed by atoms with E-state index in [1.165, 1.54) is 0 Å². The Hall–Kier alpha value is -4.18. The van der Waals surface area contributed by atoms with Crippen molar-refractivity contribution in [3.63, 3.8) is 0 Å². The molecule has 0 bridgehead atoms. The Kier molecular flexibility index (Phi) is 5.18. The number of phenols is 1. The summed E-state index contributed by atoms with van der Waals surface area (Å²) >= 11 is 0. The number of carbonyl (C=O) groups excluding carboxylic acids is 3. The van der Waals surface area contributed by atoms with E-state index in [2.05, 4.69) is 4.98 Å². The first-order chi connectivity index (χ1) is 17.0. The molecule has 6 N–H and O–H groups in total. The maximum absolute atomic E-state index is 13.7. The fraction of sp³-hybridized carbons (Fsp3) is 0.308. The van der Waals surface area contributed by atoms with Crippen LogP contribution in [-0.2, 0) is 20.8 Å². The summed E-state index contributed by atoms with van der Waals surface area (Å²) in [6.45, 7) is 0. The SMILES string of the molecule is CN(C)c1cc(-c2cccnc2)c(O)c2c1C[C@H]1C[C@H]3CC(=O)C(C(N)=O)=C(O)[C@@]3(O)C(=O)C1=C2O. The number of rotatable bonds is 3. The largest absolute Gasteiger partial charge is 0.508 e. The highest BCUT2D eigenvalue weighted by atomic mass is 16.3. The third-order valence-corrected chi connectivity index (χ3v) is 7.49. The summed E-state index contributed by atoms with van der Waals surface area (Å²) in [5.74, 6) is -6.48. The number of carbonyl (C=O) groups is 3. The lowest BCUT2D eigenvalue weighted by Crippen LogP contribution is -2.58. The second kappa shape index (κ2) is 7.92. The number of fused-ring (bicyclic) bond motifs is 3. The molecule has 186 valence electrons. The van der Waals surface area contributed by atoms with Gasteiger partial charge in [0, 0.05) is 61.2 Å². The maximum atomic E-state index is 13.7. The Balaban J connectivity index is 1.76. The van der Waals surface area contributed by atoms with E-state index in [9.17, 15) is 34.8 Å². The molecule has 1 saturated carbocycles. The molecule has 3 atom stereocenters. The Morgan fingerprint density at radius 2 is 1.92 bits per heavy atom. The second-order valence-electron chi connectivity index (χ2n) is 9.69.